The number of sulfone groups is 1. The van der Waals surface area contributed by atoms with Crippen molar-refractivity contribution in [1.29, 1.82) is 0 Å². The Labute approximate surface area is 103 Å². The predicted octanol–water partition coefficient (Wildman–Crippen LogP) is 1.86. The summed E-state index contributed by atoms with van der Waals surface area (Å²) in [6.07, 6.45) is 0. The highest BCUT2D eigenvalue weighted by Crippen LogP contribution is 2.51. The van der Waals surface area contributed by atoms with Crippen LogP contribution < -0.4 is 0 Å². The predicted molar refractivity (Wildman–Crippen MR) is 69.7 cm³/mol. The molecule has 1 saturated heterocycles. The van der Waals surface area contributed by atoms with Crippen LogP contribution in [0.3, 0.4) is 0 Å². The maximum Gasteiger partial charge on any atom is 0.165 e. The maximum absolute atomic E-state index is 12.4. The van der Waals surface area contributed by atoms with Crippen LogP contribution in [0.1, 0.15) is 24.7 Å². The summed E-state index contributed by atoms with van der Waals surface area (Å²) in [4.78, 5) is 2.01. The minimum absolute atomic E-state index is 0.0369. The van der Waals surface area contributed by atoms with E-state index < -0.39 is 19.8 Å². The molecule has 3 nitrogen and oxygen atoms in total. The molecule has 4 heteroatoms. The fraction of sp³-hybridized carbons (Fsp3) is 0.538. The van der Waals surface area contributed by atoms with Gasteiger partial charge >= 0.3 is 0 Å². The van der Waals surface area contributed by atoms with E-state index in [1.807, 2.05) is 63.2 Å². The van der Waals surface area contributed by atoms with Crippen molar-refractivity contribution in [2.24, 2.45) is 0 Å². The third kappa shape index (κ3) is 1.62. The molecule has 1 aliphatic heterocycles. The van der Waals surface area contributed by atoms with E-state index in [2.05, 4.69) is 0 Å². The number of benzene rings is 1. The molecular weight excluding hydrogens is 234 g/mol. The molecule has 1 heterocycles. The summed E-state index contributed by atoms with van der Waals surface area (Å²) in [5, 5.41) is -0.395. The Bertz CT molecular complexity index is 505. The van der Waals surface area contributed by atoms with Crippen LogP contribution in [0.25, 0.3) is 0 Å². The van der Waals surface area contributed by atoms with Crippen LogP contribution in [0.15, 0.2) is 30.3 Å². The van der Waals surface area contributed by atoms with Gasteiger partial charge in [-0.25, -0.2) is 8.42 Å². The SMILES string of the molecule is CN(C)[C@@H]1[C@H](c2ccccc2)S(=O)(=O)C1(C)C. The van der Waals surface area contributed by atoms with E-state index in [0.29, 0.717) is 0 Å². The van der Waals surface area contributed by atoms with Gasteiger partial charge in [-0.05, 0) is 33.5 Å². The summed E-state index contributed by atoms with van der Waals surface area (Å²) < 4.78 is 24.0. The lowest BCUT2D eigenvalue weighted by atomic mass is 9.92. The van der Waals surface area contributed by atoms with Crippen LogP contribution in [0.4, 0.5) is 0 Å². The van der Waals surface area contributed by atoms with Crippen molar-refractivity contribution in [3.05, 3.63) is 35.9 Å². The Morgan fingerprint density at radius 1 is 1.12 bits per heavy atom. The van der Waals surface area contributed by atoms with Gasteiger partial charge in [0.05, 0.1) is 4.75 Å². The second-order valence-electron chi connectivity index (χ2n) is 5.39. The molecule has 0 aromatic heterocycles. The molecular formula is C13H19NO2S. The van der Waals surface area contributed by atoms with Gasteiger partial charge in [0.25, 0.3) is 0 Å². The average Bonchev–Trinajstić information content (AvgIpc) is 2.25. The molecule has 1 aromatic carbocycles. The lowest BCUT2D eigenvalue weighted by molar-refractivity contribution is 0.200. The fourth-order valence-electron chi connectivity index (χ4n) is 2.85. The Morgan fingerprint density at radius 3 is 2.12 bits per heavy atom. The van der Waals surface area contributed by atoms with Gasteiger partial charge < -0.3 is 4.90 Å². The third-order valence-corrected chi connectivity index (χ3v) is 6.66. The molecule has 0 saturated carbocycles. The summed E-state index contributed by atoms with van der Waals surface area (Å²) in [5.74, 6) is 0. The lowest BCUT2D eigenvalue weighted by Gasteiger charge is -2.53. The van der Waals surface area contributed by atoms with Crippen molar-refractivity contribution in [3.63, 3.8) is 0 Å². The molecule has 0 unspecified atom stereocenters. The molecule has 17 heavy (non-hydrogen) atoms. The van der Waals surface area contributed by atoms with Crippen molar-refractivity contribution in [2.75, 3.05) is 14.1 Å². The molecule has 0 spiro atoms. The second-order valence-corrected chi connectivity index (χ2v) is 8.04. The minimum Gasteiger partial charge on any atom is -0.303 e. The summed E-state index contributed by atoms with van der Waals surface area (Å²) in [7, 11) is 0.794. The molecule has 1 fully saturated rings. The van der Waals surface area contributed by atoms with Gasteiger partial charge in [0.2, 0.25) is 0 Å². The quantitative estimate of drug-likeness (QED) is 0.807. The summed E-state index contributed by atoms with van der Waals surface area (Å²) >= 11 is 0. The van der Waals surface area contributed by atoms with Crippen molar-refractivity contribution in [1.82, 2.24) is 4.90 Å². The fourth-order valence-corrected chi connectivity index (χ4v) is 5.41. The number of hydrogen-bond donors (Lipinski definition) is 0. The monoisotopic (exact) mass is 253 g/mol. The summed E-state index contributed by atoms with van der Waals surface area (Å²) in [6.45, 7) is 3.62. The van der Waals surface area contributed by atoms with Crippen molar-refractivity contribution < 1.29 is 8.42 Å². The molecule has 0 radical (unpaired) electrons. The van der Waals surface area contributed by atoms with Crippen LogP contribution >= 0.6 is 0 Å². The van der Waals surface area contributed by atoms with E-state index in [9.17, 15) is 8.42 Å². The number of nitrogens with zero attached hydrogens (tertiary/aromatic N) is 1. The Morgan fingerprint density at radius 2 is 1.65 bits per heavy atom. The van der Waals surface area contributed by atoms with E-state index in [-0.39, 0.29) is 6.04 Å². The molecule has 0 aliphatic carbocycles. The lowest BCUT2D eigenvalue weighted by Crippen LogP contribution is -2.66. The molecule has 0 amide bonds. The van der Waals surface area contributed by atoms with E-state index in [4.69, 9.17) is 0 Å². The number of likely N-dealkylation sites (N-methyl/N-ethyl adjacent to an activating group) is 1. The first-order valence-corrected chi connectivity index (χ1v) is 7.29. The van der Waals surface area contributed by atoms with Gasteiger partial charge in [-0.2, -0.15) is 0 Å². The minimum atomic E-state index is -3.09. The topological polar surface area (TPSA) is 37.4 Å². The highest BCUT2D eigenvalue weighted by Gasteiger charge is 2.62. The van der Waals surface area contributed by atoms with E-state index in [0.717, 1.165) is 5.56 Å². The summed E-state index contributed by atoms with van der Waals surface area (Å²) in [6, 6.07) is 9.52. The highest BCUT2D eigenvalue weighted by atomic mass is 32.2. The van der Waals surface area contributed by atoms with E-state index in [1.54, 1.807) is 0 Å². The molecule has 0 bridgehead atoms. The van der Waals surface area contributed by atoms with Crippen molar-refractivity contribution in [3.8, 4) is 0 Å². The molecule has 2 atom stereocenters. The van der Waals surface area contributed by atoms with Gasteiger partial charge in [-0.15, -0.1) is 0 Å². The first-order valence-electron chi connectivity index (χ1n) is 5.75. The normalized spacial score (nSPS) is 29.9. The largest absolute Gasteiger partial charge is 0.303 e. The number of rotatable bonds is 2. The third-order valence-electron chi connectivity index (χ3n) is 3.75. The van der Waals surface area contributed by atoms with Crippen LogP contribution in [0.2, 0.25) is 0 Å². The van der Waals surface area contributed by atoms with E-state index >= 15 is 0 Å². The Kier molecular flexibility index (Phi) is 2.83. The standard InChI is InChI=1S/C13H19NO2S/c1-13(2)12(14(3)4)11(17(13,15)16)10-8-6-5-7-9-10/h5-9,11-12H,1-4H3/t11-,12+/m0/s1. The first-order chi connectivity index (χ1) is 7.80. The van der Waals surface area contributed by atoms with Crippen molar-refractivity contribution in [2.45, 2.75) is 29.9 Å². The molecule has 94 valence electrons. The first kappa shape index (κ1) is 12.6. The zero-order valence-corrected chi connectivity index (χ0v) is 11.5. The van der Waals surface area contributed by atoms with Crippen LogP contribution in [-0.4, -0.2) is 38.2 Å². The maximum atomic E-state index is 12.4. The zero-order chi connectivity index (χ0) is 12.8. The van der Waals surface area contributed by atoms with Gasteiger partial charge in [0.1, 0.15) is 5.25 Å². The van der Waals surface area contributed by atoms with Crippen LogP contribution in [0.5, 0.6) is 0 Å². The van der Waals surface area contributed by atoms with Crippen LogP contribution in [-0.2, 0) is 9.84 Å². The van der Waals surface area contributed by atoms with Crippen molar-refractivity contribution >= 4 is 9.84 Å². The van der Waals surface area contributed by atoms with Gasteiger partial charge in [0, 0.05) is 6.04 Å². The van der Waals surface area contributed by atoms with E-state index in [1.165, 1.54) is 0 Å². The van der Waals surface area contributed by atoms with Crippen LogP contribution in [0, 0.1) is 0 Å². The molecule has 1 aliphatic rings. The highest BCUT2D eigenvalue weighted by molar-refractivity contribution is 7.94. The molecule has 2 rings (SSSR count). The van der Waals surface area contributed by atoms with Gasteiger partial charge in [-0.3, -0.25) is 0 Å². The molecule has 0 N–H and O–H groups in total. The Balaban J connectivity index is 2.48. The Hall–Kier alpha value is -0.870. The number of hydrogen-bond acceptors (Lipinski definition) is 3. The summed E-state index contributed by atoms with van der Waals surface area (Å²) in [5.41, 5.74) is 0.894. The smallest absolute Gasteiger partial charge is 0.165 e. The second kappa shape index (κ2) is 3.82. The molecule has 1 aromatic rings. The van der Waals surface area contributed by atoms with Gasteiger partial charge in [0.15, 0.2) is 9.84 Å². The zero-order valence-electron chi connectivity index (χ0n) is 10.7. The van der Waals surface area contributed by atoms with Gasteiger partial charge in [-0.1, -0.05) is 30.3 Å². The average molecular weight is 253 g/mol.